The number of nitrogens with one attached hydrogen (secondary N) is 1. The lowest BCUT2D eigenvalue weighted by Gasteiger charge is -2.08. The Balaban J connectivity index is 1.51. The molecule has 1 fully saturated rings. The quantitative estimate of drug-likeness (QED) is 0.896. The summed E-state index contributed by atoms with van der Waals surface area (Å²) in [5.41, 5.74) is 1.01. The molecule has 0 spiro atoms. The standard InChI is InChI=1S/C12H15N3O2S/c1-2-10(16-4-1)6-13-7-11-14-12(15-17-11)9-3-5-18-8-9/h3,5,8,10,13H,1-2,4,6-7H2. The Hall–Kier alpha value is -1.24. The molecular weight excluding hydrogens is 250 g/mol. The molecule has 1 unspecified atom stereocenters. The third-order valence-corrected chi connectivity index (χ3v) is 3.60. The predicted octanol–water partition coefficient (Wildman–Crippen LogP) is 2.07. The molecule has 3 heterocycles. The van der Waals surface area contributed by atoms with Gasteiger partial charge in [-0.1, -0.05) is 5.16 Å². The number of thiophene rings is 1. The zero-order valence-electron chi connectivity index (χ0n) is 9.96. The monoisotopic (exact) mass is 265 g/mol. The lowest BCUT2D eigenvalue weighted by molar-refractivity contribution is 0.109. The summed E-state index contributed by atoms with van der Waals surface area (Å²) in [6, 6.07) is 1.99. The van der Waals surface area contributed by atoms with Gasteiger partial charge in [0, 0.05) is 24.1 Å². The molecule has 18 heavy (non-hydrogen) atoms. The van der Waals surface area contributed by atoms with Crippen LogP contribution < -0.4 is 5.32 Å². The van der Waals surface area contributed by atoms with Gasteiger partial charge in [-0.05, 0) is 24.3 Å². The number of ether oxygens (including phenoxy) is 1. The minimum absolute atomic E-state index is 0.337. The van der Waals surface area contributed by atoms with Crippen LogP contribution in [0.5, 0.6) is 0 Å². The molecule has 0 amide bonds. The normalized spacial score (nSPS) is 19.4. The van der Waals surface area contributed by atoms with Crippen molar-refractivity contribution in [2.24, 2.45) is 0 Å². The second kappa shape index (κ2) is 5.60. The summed E-state index contributed by atoms with van der Waals surface area (Å²) in [6.07, 6.45) is 2.64. The molecule has 3 rings (SSSR count). The molecule has 0 aliphatic carbocycles. The van der Waals surface area contributed by atoms with Crippen LogP contribution in [0.25, 0.3) is 11.4 Å². The first-order valence-electron chi connectivity index (χ1n) is 6.09. The van der Waals surface area contributed by atoms with Crippen molar-refractivity contribution in [3.8, 4) is 11.4 Å². The van der Waals surface area contributed by atoms with Crippen molar-refractivity contribution in [3.63, 3.8) is 0 Å². The van der Waals surface area contributed by atoms with E-state index in [1.165, 1.54) is 0 Å². The van der Waals surface area contributed by atoms with Crippen LogP contribution in [-0.2, 0) is 11.3 Å². The molecule has 6 heteroatoms. The average Bonchev–Trinajstić information content (AvgIpc) is 3.12. The molecule has 1 saturated heterocycles. The van der Waals surface area contributed by atoms with Crippen LogP contribution >= 0.6 is 11.3 Å². The third-order valence-electron chi connectivity index (χ3n) is 2.92. The topological polar surface area (TPSA) is 60.2 Å². The summed E-state index contributed by atoms with van der Waals surface area (Å²) >= 11 is 1.62. The minimum atomic E-state index is 0.337. The summed E-state index contributed by atoms with van der Waals surface area (Å²) in [4.78, 5) is 4.34. The molecular formula is C12H15N3O2S. The van der Waals surface area contributed by atoms with Crippen molar-refractivity contribution in [3.05, 3.63) is 22.7 Å². The number of hydrogen-bond acceptors (Lipinski definition) is 6. The van der Waals surface area contributed by atoms with Crippen molar-refractivity contribution in [2.75, 3.05) is 13.2 Å². The summed E-state index contributed by atoms with van der Waals surface area (Å²) in [6.45, 7) is 2.32. The molecule has 1 aliphatic rings. The smallest absolute Gasteiger partial charge is 0.240 e. The van der Waals surface area contributed by atoms with Crippen LogP contribution in [0.3, 0.4) is 0 Å². The zero-order valence-corrected chi connectivity index (χ0v) is 10.8. The van der Waals surface area contributed by atoms with Crippen LogP contribution in [0.1, 0.15) is 18.7 Å². The van der Waals surface area contributed by atoms with E-state index in [1.54, 1.807) is 11.3 Å². The maximum absolute atomic E-state index is 5.53. The highest BCUT2D eigenvalue weighted by atomic mass is 32.1. The minimum Gasteiger partial charge on any atom is -0.377 e. The predicted molar refractivity (Wildman–Crippen MR) is 68.3 cm³/mol. The van der Waals surface area contributed by atoms with E-state index in [-0.39, 0.29) is 0 Å². The Morgan fingerprint density at radius 1 is 1.50 bits per heavy atom. The van der Waals surface area contributed by atoms with Crippen molar-refractivity contribution in [1.29, 1.82) is 0 Å². The summed E-state index contributed by atoms with van der Waals surface area (Å²) < 4.78 is 10.7. The fraction of sp³-hybridized carbons (Fsp3) is 0.500. The SMILES string of the molecule is c1cc(-c2noc(CNCC3CCCO3)n2)cs1. The van der Waals surface area contributed by atoms with E-state index in [0.29, 0.717) is 24.4 Å². The summed E-state index contributed by atoms with van der Waals surface area (Å²) in [5, 5.41) is 11.3. The molecule has 96 valence electrons. The van der Waals surface area contributed by atoms with E-state index in [4.69, 9.17) is 9.26 Å². The Kier molecular flexibility index (Phi) is 3.68. The van der Waals surface area contributed by atoms with Gasteiger partial charge in [0.2, 0.25) is 11.7 Å². The van der Waals surface area contributed by atoms with E-state index >= 15 is 0 Å². The van der Waals surface area contributed by atoms with Crippen LogP contribution in [0.4, 0.5) is 0 Å². The van der Waals surface area contributed by atoms with E-state index < -0.39 is 0 Å². The molecule has 0 aromatic carbocycles. The molecule has 0 radical (unpaired) electrons. The van der Waals surface area contributed by atoms with Crippen LogP contribution in [0, 0.1) is 0 Å². The Morgan fingerprint density at radius 3 is 3.28 bits per heavy atom. The van der Waals surface area contributed by atoms with Crippen molar-refractivity contribution >= 4 is 11.3 Å². The third kappa shape index (κ3) is 2.77. The van der Waals surface area contributed by atoms with Gasteiger partial charge < -0.3 is 14.6 Å². The van der Waals surface area contributed by atoms with E-state index in [0.717, 1.165) is 31.6 Å². The first kappa shape index (κ1) is 11.8. The molecule has 0 bridgehead atoms. The molecule has 2 aromatic heterocycles. The number of aromatic nitrogens is 2. The van der Waals surface area contributed by atoms with Crippen molar-refractivity contribution < 1.29 is 9.26 Å². The lowest BCUT2D eigenvalue weighted by atomic mass is 10.2. The van der Waals surface area contributed by atoms with Crippen molar-refractivity contribution in [2.45, 2.75) is 25.5 Å². The average molecular weight is 265 g/mol. The number of nitrogens with zero attached hydrogens (tertiary/aromatic N) is 2. The lowest BCUT2D eigenvalue weighted by Crippen LogP contribution is -2.25. The van der Waals surface area contributed by atoms with Gasteiger partial charge in [0.1, 0.15) is 0 Å². The van der Waals surface area contributed by atoms with E-state index in [2.05, 4.69) is 15.5 Å². The van der Waals surface area contributed by atoms with E-state index in [1.807, 2.05) is 16.8 Å². The first-order chi connectivity index (χ1) is 8.92. The highest BCUT2D eigenvalue weighted by molar-refractivity contribution is 7.08. The van der Waals surface area contributed by atoms with Crippen LogP contribution in [0.15, 0.2) is 21.3 Å². The van der Waals surface area contributed by atoms with Gasteiger partial charge in [-0.2, -0.15) is 16.3 Å². The molecule has 2 aromatic rings. The first-order valence-corrected chi connectivity index (χ1v) is 7.03. The van der Waals surface area contributed by atoms with Gasteiger partial charge in [0.15, 0.2) is 0 Å². The highest BCUT2D eigenvalue weighted by Gasteiger charge is 2.15. The second-order valence-corrected chi connectivity index (χ2v) is 5.07. The van der Waals surface area contributed by atoms with Gasteiger partial charge in [0.25, 0.3) is 0 Å². The summed E-state index contributed by atoms with van der Waals surface area (Å²) in [7, 11) is 0. The van der Waals surface area contributed by atoms with Gasteiger partial charge >= 0.3 is 0 Å². The Bertz CT molecular complexity index is 477. The Labute approximate surface area is 109 Å². The zero-order chi connectivity index (χ0) is 12.2. The fourth-order valence-corrected chi connectivity index (χ4v) is 2.62. The van der Waals surface area contributed by atoms with Gasteiger partial charge in [-0.3, -0.25) is 0 Å². The maximum atomic E-state index is 5.53. The second-order valence-electron chi connectivity index (χ2n) is 4.29. The molecule has 0 saturated carbocycles. The van der Waals surface area contributed by atoms with Crippen LogP contribution in [0.2, 0.25) is 0 Å². The Morgan fingerprint density at radius 2 is 2.50 bits per heavy atom. The number of rotatable bonds is 5. The maximum Gasteiger partial charge on any atom is 0.240 e. The largest absolute Gasteiger partial charge is 0.377 e. The summed E-state index contributed by atoms with van der Waals surface area (Å²) in [5.74, 6) is 1.28. The molecule has 5 nitrogen and oxygen atoms in total. The number of hydrogen-bond donors (Lipinski definition) is 1. The van der Waals surface area contributed by atoms with Gasteiger partial charge in [0.05, 0.1) is 12.6 Å². The van der Waals surface area contributed by atoms with Crippen LogP contribution in [-0.4, -0.2) is 29.4 Å². The van der Waals surface area contributed by atoms with Gasteiger partial charge in [-0.25, -0.2) is 0 Å². The van der Waals surface area contributed by atoms with E-state index in [9.17, 15) is 0 Å². The molecule has 1 atom stereocenters. The highest BCUT2D eigenvalue weighted by Crippen LogP contribution is 2.18. The fourth-order valence-electron chi connectivity index (χ4n) is 1.98. The van der Waals surface area contributed by atoms with Gasteiger partial charge in [-0.15, -0.1) is 0 Å². The van der Waals surface area contributed by atoms with Crippen molar-refractivity contribution in [1.82, 2.24) is 15.5 Å². The molecule has 1 N–H and O–H groups in total. The molecule has 1 aliphatic heterocycles.